The number of halogens is 3. The van der Waals surface area contributed by atoms with Crippen molar-refractivity contribution in [3.63, 3.8) is 0 Å². The van der Waals surface area contributed by atoms with Crippen LogP contribution in [0, 0.1) is 0 Å². The highest BCUT2D eigenvalue weighted by Crippen LogP contribution is 2.32. The quantitative estimate of drug-likeness (QED) is 0.850. The monoisotopic (exact) mass is 264 g/mol. The molecule has 0 aliphatic carbocycles. The second-order valence-electron chi connectivity index (χ2n) is 3.30. The molecule has 0 aliphatic rings. The Morgan fingerprint density at radius 2 is 2.00 bits per heavy atom. The first-order chi connectivity index (χ1) is 7.89. The van der Waals surface area contributed by atoms with Gasteiger partial charge in [-0.05, 0) is 24.6 Å². The van der Waals surface area contributed by atoms with Crippen molar-refractivity contribution in [1.29, 1.82) is 0 Å². The molecule has 0 unspecified atom stereocenters. The average Bonchev–Trinajstić information content (AvgIpc) is 2.29. The molecule has 94 valence electrons. The summed E-state index contributed by atoms with van der Waals surface area (Å²) in [5.41, 5.74) is -0.104. The summed E-state index contributed by atoms with van der Waals surface area (Å²) in [5.74, 6) is -5.73. The molecule has 1 rings (SSSR count). The molecule has 0 aliphatic heterocycles. The van der Waals surface area contributed by atoms with Gasteiger partial charge < -0.3 is 9.84 Å². The first-order valence-corrected chi connectivity index (χ1v) is 5.26. The third kappa shape index (κ3) is 3.14. The van der Waals surface area contributed by atoms with E-state index < -0.39 is 18.0 Å². The zero-order valence-electron chi connectivity index (χ0n) is 8.99. The third-order valence-electron chi connectivity index (χ3n) is 2.08. The number of rotatable bonds is 4. The first-order valence-electron chi connectivity index (χ1n) is 4.88. The highest BCUT2D eigenvalue weighted by Gasteiger charge is 2.48. The zero-order valence-corrected chi connectivity index (χ0v) is 9.75. The Morgan fingerprint density at radius 1 is 1.47 bits per heavy atom. The number of ether oxygens (including phenoxy) is 1. The predicted octanol–water partition coefficient (Wildman–Crippen LogP) is 2.57. The number of aliphatic hydroxyl groups excluding tert-OH is 1. The minimum absolute atomic E-state index is 0.104. The van der Waals surface area contributed by atoms with Gasteiger partial charge in [-0.15, -0.1) is 0 Å². The van der Waals surface area contributed by atoms with Gasteiger partial charge in [0.1, 0.15) is 0 Å². The van der Waals surface area contributed by atoms with Gasteiger partial charge >= 0.3 is 11.9 Å². The maximum absolute atomic E-state index is 13.4. The molecular weight excluding hydrogens is 254 g/mol. The molecule has 1 atom stereocenters. The lowest BCUT2D eigenvalue weighted by Gasteiger charge is -2.20. The average molecular weight is 265 g/mol. The van der Waals surface area contributed by atoms with Crippen molar-refractivity contribution in [3.05, 3.63) is 34.9 Å². The van der Waals surface area contributed by atoms with Crippen LogP contribution in [-0.4, -0.2) is 23.6 Å². The van der Waals surface area contributed by atoms with Gasteiger partial charge in [-0.1, -0.05) is 23.7 Å². The number of esters is 1. The van der Waals surface area contributed by atoms with Crippen molar-refractivity contribution < 1.29 is 23.4 Å². The van der Waals surface area contributed by atoms with Gasteiger partial charge in [0, 0.05) is 5.02 Å². The molecule has 0 amide bonds. The van der Waals surface area contributed by atoms with Crippen LogP contribution in [0.15, 0.2) is 24.3 Å². The van der Waals surface area contributed by atoms with Crippen LogP contribution in [0.5, 0.6) is 0 Å². The van der Waals surface area contributed by atoms with Crippen LogP contribution in [0.2, 0.25) is 5.02 Å². The van der Waals surface area contributed by atoms with Gasteiger partial charge in [0.15, 0.2) is 6.10 Å². The van der Waals surface area contributed by atoms with Crippen molar-refractivity contribution in [1.82, 2.24) is 0 Å². The van der Waals surface area contributed by atoms with Crippen LogP contribution in [0.25, 0.3) is 0 Å². The molecule has 17 heavy (non-hydrogen) atoms. The molecule has 6 heteroatoms. The van der Waals surface area contributed by atoms with E-state index in [1.165, 1.54) is 31.2 Å². The topological polar surface area (TPSA) is 46.5 Å². The van der Waals surface area contributed by atoms with Crippen molar-refractivity contribution in [2.24, 2.45) is 0 Å². The first kappa shape index (κ1) is 13.9. The minimum atomic E-state index is -3.98. The molecule has 0 fully saturated rings. The third-order valence-corrected chi connectivity index (χ3v) is 2.33. The molecule has 3 nitrogen and oxygen atoms in total. The van der Waals surface area contributed by atoms with Gasteiger partial charge in [0.05, 0.1) is 6.61 Å². The molecular formula is C11H11ClF2O3. The SMILES string of the molecule is CCOC(=O)C(F)(F)[C@H](O)c1ccc(Cl)cc1. The number of carbonyl (C=O) groups excluding carboxylic acids is 1. The molecule has 0 saturated heterocycles. The molecule has 1 aromatic carbocycles. The molecule has 0 saturated carbocycles. The van der Waals surface area contributed by atoms with Crippen molar-refractivity contribution in [2.75, 3.05) is 6.61 Å². The Morgan fingerprint density at radius 3 is 2.47 bits per heavy atom. The normalized spacial score (nSPS) is 13.2. The number of aliphatic hydroxyl groups is 1. The fourth-order valence-corrected chi connectivity index (χ4v) is 1.32. The van der Waals surface area contributed by atoms with E-state index in [1.807, 2.05) is 0 Å². The maximum Gasteiger partial charge on any atom is 0.380 e. The highest BCUT2D eigenvalue weighted by atomic mass is 35.5. The fourth-order valence-electron chi connectivity index (χ4n) is 1.19. The van der Waals surface area contributed by atoms with Crippen LogP contribution >= 0.6 is 11.6 Å². The van der Waals surface area contributed by atoms with Crippen molar-refractivity contribution in [2.45, 2.75) is 19.0 Å². The minimum Gasteiger partial charge on any atom is -0.461 e. The lowest BCUT2D eigenvalue weighted by atomic mass is 10.0. The zero-order chi connectivity index (χ0) is 13.1. The summed E-state index contributed by atoms with van der Waals surface area (Å²) >= 11 is 5.58. The second-order valence-corrected chi connectivity index (χ2v) is 3.73. The number of hydrogen-bond donors (Lipinski definition) is 1. The second kappa shape index (κ2) is 5.42. The van der Waals surface area contributed by atoms with E-state index in [4.69, 9.17) is 11.6 Å². The number of alkyl halides is 2. The molecule has 0 aromatic heterocycles. The van der Waals surface area contributed by atoms with E-state index >= 15 is 0 Å². The van der Waals surface area contributed by atoms with Crippen LogP contribution < -0.4 is 0 Å². The molecule has 1 aromatic rings. The fraction of sp³-hybridized carbons (Fsp3) is 0.364. The van der Waals surface area contributed by atoms with Gasteiger partial charge in [-0.25, -0.2) is 4.79 Å². The Labute approximate surface area is 102 Å². The van der Waals surface area contributed by atoms with Crippen LogP contribution in [-0.2, 0) is 9.53 Å². The number of carbonyl (C=O) groups is 1. The lowest BCUT2D eigenvalue weighted by molar-refractivity contribution is -0.189. The summed E-state index contributed by atoms with van der Waals surface area (Å²) in [6.07, 6.45) is -2.25. The lowest BCUT2D eigenvalue weighted by Crippen LogP contribution is -2.37. The summed E-state index contributed by atoms with van der Waals surface area (Å²) in [6, 6.07) is 5.14. The van der Waals surface area contributed by atoms with Crippen LogP contribution in [0.4, 0.5) is 8.78 Å². The Balaban J connectivity index is 2.91. The summed E-state index contributed by atoms with van der Waals surface area (Å²) in [7, 11) is 0. The largest absolute Gasteiger partial charge is 0.461 e. The van der Waals surface area contributed by atoms with Gasteiger partial charge in [0.2, 0.25) is 0 Å². The molecule has 1 N–H and O–H groups in total. The Hall–Kier alpha value is -1.20. The Bertz CT molecular complexity index is 392. The predicted molar refractivity (Wildman–Crippen MR) is 58.0 cm³/mol. The standard InChI is InChI=1S/C11H11ClF2O3/c1-2-17-10(16)11(13,14)9(15)7-3-5-8(12)6-4-7/h3-6,9,15H,2H2,1H3/t9-/m1/s1. The summed E-state index contributed by atoms with van der Waals surface area (Å²) in [4.78, 5) is 11.0. The van der Waals surface area contributed by atoms with E-state index in [9.17, 15) is 18.7 Å². The highest BCUT2D eigenvalue weighted by molar-refractivity contribution is 6.30. The molecule has 0 heterocycles. The van der Waals surface area contributed by atoms with Crippen molar-refractivity contribution >= 4 is 17.6 Å². The summed E-state index contributed by atoms with van der Waals surface area (Å²) < 4.78 is 31.1. The van der Waals surface area contributed by atoms with Crippen LogP contribution in [0.1, 0.15) is 18.6 Å². The summed E-state index contributed by atoms with van der Waals surface area (Å²) in [6.45, 7) is 1.23. The van der Waals surface area contributed by atoms with E-state index in [0.29, 0.717) is 5.02 Å². The van der Waals surface area contributed by atoms with Gasteiger partial charge in [-0.2, -0.15) is 8.78 Å². The van der Waals surface area contributed by atoms with Crippen molar-refractivity contribution in [3.8, 4) is 0 Å². The van der Waals surface area contributed by atoms with Gasteiger partial charge in [0.25, 0.3) is 0 Å². The van der Waals surface area contributed by atoms with E-state index in [2.05, 4.69) is 4.74 Å². The molecule has 0 bridgehead atoms. The van der Waals surface area contributed by atoms with Crippen LogP contribution in [0.3, 0.4) is 0 Å². The maximum atomic E-state index is 13.4. The van der Waals surface area contributed by atoms with E-state index in [0.717, 1.165) is 0 Å². The van der Waals surface area contributed by atoms with E-state index in [1.54, 1.807) is 0 Å². The number of hydrogen-bond acceptors (Lipinski definition) is 3. The molecule has 0 radical (unpaired) electrons. The summed E-state index contributed by atoms with van der Waals surface area (Å²) in [5, 5.41) is 9.79. The molecule has 0 spiro atoms. The Kier molecular flexibility index (Phi) is 4.42. The van der Waals surface area contributed by atoms with Gasteiger partial charge in [-0.3, -0.25) is 0 Å². The number of benzene rings is 1. The smallest absolute Gasteiger partial charge is 0.380 e. The van der Waals surface area contributed by atoms with E-state index in [-0.39, 0.29) is 12.2 Å².